The fraction of sp³-hybridized carbons (Fsp3) is 0.571. The summed E-state index contributed by atoms with van der Waals surface area (Å²) in [4.78, 5) is 2.14. The zero-order chi connectivity index (χ0) is 12.1. The molecule has 1 aliphatic heterocycles. The molecule has 0 aliphatic carbocycles. The van der Waals surface area contributed by atoms with Gasteiger partial charge in [-0.2, -0.15) is 11.8 Å². The number of piperidine rings is 1. The van der Waals surface area contributed by atoms with Crippen LogP contribution in [0.15, 0.2) is 24.3 Å². The van der Waals surface area contributed by atoms with Crippen molar-refractivity contribution in [2.45, 2.75) is 23.8 Å². The zero-order valence-corrected chi connectivity index (χ0v) is 11.6. The largest absolute Gasteiger partial charge is 0.378 e. The summed E-state index contributed by atoms with van der Waals surface area (Å²) in [6.45, 7) is 2.38. The lowest BCUT2D eigenvalue weighted by atomic mass is 10.2. The van der Waals surface area contributed by atoms with E-state index in [0.29, 0.717) is 0 Å². The first-order chi connectivity index (χ1) is 8.25. The maximum absolute atomic E-state index is 3.41. The van der Waals surface area contributed by atoms with Gasteiger partial charge in [0.2, 0.25) is 0 Å². The molecule has 94 valence electrons. The van der Waals surface area contributed by atoms with Crippen LogP contribution >= 0.6 is 11.8 Å². The Hall–Kier alpha value is -0.670. The van der Waals surface area contributed by atoms with Crippen molar-refractivity contribution in [3.05, 3.63) is 29.8 Å². The molecule has 3 heteroatoms. The summed E-state index contributed by atoms with van der Waals surface area (Å²) in [6.07, 6.45) is 2.64. The minimum atomic E-state index is 0.852. The second-order valence-corrected chi connectivity index (χ2v) is 6.11. The van der Waals surface area contributed by atoms with Crippen molar-refractivity contribution in [2.75, 3.05) is 32.1 Å². The minimum Gasteiger partial charge on any atom is -0.378 e. The number of hydrogen-bond acceptors (Lipinski definition) is 3. The molecule has 1 N–H and O–H groups in total. The molecule has 17 heavy (non-hydrogen) atoms. The number of benzene rings is 1. The summed E-state index contributed by atoms with van der Waals surface area (Å²) in [5.41, 5.74) is 2.72. The summed E-state index contributed by atoms with van der Waals surface area (Å²) >= 11 is 2.11. The fourth-order valence-electron chi connectivity index (χ4n) is 2.07. The van der Waals surface area contributed by atoms with E-state index in [0.717, 1.165) is 11.0 Å². The number of thioether (sulfide) groups is 1. The van der Waals surface area contributed by atoms with Gasteiger partial charge in [-0.05, 0) is 43.6 Å². The Labute approximate surface area is 109 Å². The van der Waals surface area contributed by atoms with Crippen molar-refractivity contribution in [1.29, 1.82) is 0 Å². The van der Waals surface area contributed by atoms with Gasteiger partial charge in [0.1, 0.15) is 0 Å². The van der Waals surface area contributed by atoms with Crippen molar-refractivity contribution in [3.8, 4) is 0 Å². The molecule has 0 atom stereocenters. The van der Waals surface area contributed by atoms with Crippen molar-refractivity contribution >= 4 is 17.4 Å². The molecule has 1 aromatic rings. The molecule has 0 bridgehead atoms. The molecule has 0 saturated carbocycles. The highest BCUT2D eigenvalue weighted by Gasteiger charge is 2.12. The third-order valence-electron chi connectivity index (χ3n) is 3.22. The second kappa shape index (κ2) is 6.31. The lowest BCUT2D eigenvalue weighted by Crippen LogP contribution is -2.29. The van der Waals surface area contributed by atoms with E-state index in [2.05, 4.69) is 60.3 Å². The van der Waals surface area contributed by atoms with Gasteiger partial charge >= 0.3 is 0 Å². The quantitative estimate of drug-likeness (QED) is 0.884. The average molecular weight is 250 g/mol. The van der Waals surface area contributed by atoms with Crippen LogP contribution in [0.3, 0.4) is 0 Å². The molecule has 0 spiro atoms. The molecule has 1 aromatic carbocycles. The Kier molecular flexibility index (Phi) is 4.75. The molecule has 1 fully saturated rings. The number of anilines is 1. The van der Waals surface area contributed by atoms with E-state index >= 15 is 0 Å². The van der Waals surface area contributed by atoms with Gasteiger partial charge in [-0.1, -0.05) is 12.1 Å². The van der Waals surface area contributed by atoms with Crippen LogP contribution in [0, 0.1) is 0 Å². The topological polar surface area (TPSA) is 15.3 Å². The van der Waals surface area contributed by atoms with Gasteiger partial charge in [0, 0.05) is 30.8 Å². The molecular formula is C14H22N2S. The van der Waals surface area contributed by atoms with Crippen LogP contribution in [0.1, 0.15) is 18.4 Å². The number of hydrogen-bond donors (Lipinski definition) is 1. The monoisotopic (exact) mass is 250 g/mol. The Morgan fingerprint density at radius 1 is 1.18 bits per heavy atom. The highest BCUT2D eigenvalue weighted by molar-refractivity contribution is 7.99. The molecule has 2 nitrogen and oxygen atoms in total. The molecule has 2 rings (SSSR count). The summed E-state index contributed by atoms with van der Waals surface area (Å²) in [6, 6.07) is 8.92. The van der Waals surface area contributed by atoms with E-state index in [1.54, 1.807) is 0 Å². The van der Waals surface area contributed by atoms with Crippen LogP contribution in [-0.2, 0) is 5.75 Å². The van der Waals surface area contributed by atoms with E-state index in [1.165, 1.54) is 37.2 Å². The van der Waals surface area contributed by atoms with Crippen LogP contribution in [0.25, 0.3) is 0 Å². The molecule has 1 saturated heterocycles. The van der Waals surface area contributed by atoms with Gasteiger partial charge in [0.25, 0.3) is 0 Å². The summed E-state index contributed by atoms with van der Waals surface area (Å²) < 4.78 is 0. The maximum atomic E-state index is 3.41. The van der Waals surface area contributed by atoms with Crippen LogP contribution in [0.5, 0.6) is 0 Å². The van der Waals surface area contributed by atoms with Gasteiger partial charge in [-0.3, -0.25) is 0 Å². The molecule has 1 heterocycles. The van der Waals surface area contributed by atoms with Gasteiger partial charge in [-0.15, -0.1) is 0 Å². The highest BCUT2D eigenvalue weighted by atomic mass is 32.2. The lowest BCUT2D eigenvalue weighted by molar-refractivity contribution is 0.531. The predicted octanol–water partition coefficient (Wildman–Crippen LogP) is 2.74. The van der Waals surface area contributed by atoms with Crippen molar-refractivity contribution in [3.63, 3.8) is 0 Å². The summed E-state index contributed by atoms with van der Waals surface area (Å²) in [7, 11) is 4.16. The van der Waals surface area contributed by atoms with Gasteiger partial charge in [0.05, 0.1) is 0 Å². The van der Waals surface area contributed by atoms with Crippen LogP contribution in [0.2, 0.25) is 0 Å². The summed E-state index contributed by atoms with van der Waals surface area (Å²) in [5, 5.41) is 4.27. The first-order valence-corrected chi connectivity index (χ1v) is 7.39. The average Bonchev–Trinajstić information content (AvgIpc) is 2.38. The van der Waals surface area contributed by atoms with E-state index in [1.807, 2.05) is 0 Å². The molecule has 0 unspecified atom stereocenters. The van der Waals surface area contributed by atoms with Crippen LogP contribution in [-0.4, -0.2) is 32.4 Å². The molecule has 0 radical (unpaired) electrons. The molecular weight excluding hydrogens is 228 g/mol. The minimum absolute atomic E-state index is 0.852. The first-order valence-electron chi connectivity index (χ1n) is 6.34. The molecule has 0 aromatic heterocycles. The third-order valence-corrected chi connectivity index (χ3v) is 4.67. The summed E-state index contributed by atoms with van der Waals surface area (Å²) in [5.74, 6) is 1.15. The number of nitrogens with one attached hydrogen (secondary N) is 1. The fourth-order valence-corrected chi connectivity index (χ4v) is 3.26. The highest BCUT2D eigenvalue weighted by Crippen LogP contribution is 2.25. The van der Waals surface area contributed by atoms with E-state index in [4.69, 9.17) is 0 Å². The van der Waals surface area contributed by atoms with Gasteiger partial charge < -0.3 is 10.2 Å². The molecule has 1 aliphatic rings. The van der Waals surface area contributed by atoms with Gasteiger partial charge in [0.15, 0.2) is 0 Å². The zero-order valence-electron chi connectivity index (χ0n) is 10.8. The normalized spacial score (nSPS) is 17.1. The lowest BCUT2D eigenvalue weighted by Gasteiger charge is -2.22. The van der Waals surface area contributed by atoms with Crippen molar-refractivity contribution in [2.24, 2.45) is 0 Å². The predicted molar refractivity (Wildman–Crippen MR) is 78.0 cm³/mol. The first kappa shape index (κ1) is 12.8. The van der Waals surface area contributed by atoms with Crippen LogP contribution < -0.4 is 10.2 Å². The standard InChI is InChI=1S/C14H22N2S/c1-16(2)13-5-3-12(4-6-13)11-17-14-7-9-15-10-8-14/h3-6,14-15H,7-11H2,1-2H3. The SMILES string of the molecule is CN(C)c1ccc(CSC2CCNCC2)cc1. The maximum Gasteiger partial charge on any atom is 0.0361 e. The Morgan fingerprint density at radius 3 is 2.41 bits per heavy atom. The van der Waals surface area contributed by atoms with E-state index < -0.39 is 0 Å². The Balaban J connectivity index is 1.82. The number of nitrogens with zero attached hydrogens (tertiary/aromatic N) is 1. The number of rotatable bonds is 4. The third kappa shape index (κ3) is 3.93. The van der Waals surface area contributed by atoms with Crippen molar-refractivity contribution < 1.29 is 0 Å². The van der Waals surface area contributed by atoms with Gasteiger partial charge in [-0.25, -0.2) is 0 Å². The molecule has 0 amide bonds. The van der Waals surface area contributed by atoms with E-state index in [-0.39, 0.29) is 0 Å². The Bertz CT molecular complexity index is 329. The van der Waals surface area contributed by atoms with Crippen LogP contribution in [0.4, 0.5) is 5.69 Å². The van der Waals surface area contributed by atoms with E-state index in [9.17, 15) is 0 Å². The second-order valence-electron chi connectivity index (χ2n) is 4.82. The van der Waals surface area contributed by atoms with Crippen molar-refractivity contribution in [1.82, 2.24) is 5.32 Å². The smallest absolute Gasteiger partial charge is 0.0361 e. The Morgan fingerprint density at radius 2 is 1.82 bits per heavy atom.